The molecule has 0 spiro atoms. The summed E-state index contributed by atoms with van der Waals surface area (Å²) in [4.78, 5) is 0. The van der Waals surface area contributed by atoms with Crippen molar-refractivity contribution in [1.29, 1.82) is 0 Å². The minimum absolute atomic E-state index is 0.261. The van der Waals surface area contributed by atoms with Crippen molar-refractivity contribution >= 4 is 11.6 Å². The van der Waals surface area contributed by atoms with E-state index >= 15 is 0 Å². The number of hydrogen-bond donors (Lipinski definition) is 0. The SMILES string of the molecule is Cc1ccc(Cl)cc1-c1cccc(C(F)(F)C(F)(F)F)c1. The highest BCUT2D eigenvalue weighted by molar-refractivity contribution is 6.30. The van der Waals surface area contributed by atoms with E-state index in [0.29, 0.717) is 10.6 Å². The number of hydrogen-bond acceptors (Lipinski definition) is 0. The van der Waals surface area contributed by atoms with Crippen LogP contribution < -0.4 is 0 Å². The van der Waals surface area contributed by atoms with E-state index < -0.39 is 17.7 Å². The second-order valence-corrected chi connectivity index (χ2v) is 5.05. The minimum Gasteiger partial charge on any atom is -0.191 e. The van der Waals surface area contributed by atoms with Crippen LogP contribution in [0.3, 0.4) is 0 Å². The van der Waals surface area contributed by atoms with Crippen LogP contribution >= 0.6 is 11.6 Å². The Hall–Kier alpha value is -1.62. The van der Waals surface area contributed by atoms with E-state index in [1.54, 1.807) is 19.1 Å². The average Bonchev–Trinajstić information content (AvgIpc) is 2.40. The third-order valence-corrected chi connectivity index (χ3v) is 3.33. The number of aryl methyl sites for hydroxylation is 1. The Morgan fingerprint density at radius 2 is 1.57 bits per heavy atom. The summed E-state index contributed by atoms with van der Waals surface area (Å²) >= 11 is 5.84. The fourth-order valence-electron chi connectivity index (χ4n) is 1.95. The smallest absolute Gasteiger partial charge is 0.191 e. The number of halogens is 6. The first-order valence-corrected chi connectivity index (χ1v) is 6.32. The first kappa shape index (κ1) is 15.8. The molecule has 0 aromatic heterocycles. The molecule has 0 saturated carbocycles. The molecule has 0 unspecified atom stereocenters. The lowest BCUT2D eigenvalue weighted by molar-refractivity contribution is -0.289. The van der Waals surface area contributed by atoms with Gasteiger partial charge in [0, 0.05) is 10.6 Å². The van der Waals surface area contributed by atoms with Gasteiger partial charge in [-0.15, -0.1) is 0 Å². The summed E-state index contributed by atoms with van der Waals surface area (Å²) in [5, 5.41) is 0.378. The summed E-state index contributed by atoms with van der Waals surface area (Å²) in [5.41, 5.74) is 0.414. The normalized spacial score (nSPS) is 12.5. The Bertz CT molecular complexity index is 661. The molecule has 0 nitrogen and oxygen atoms in total. The van der Waals surface area contributed by atoms with Crippen molar-refractivity contribution in [2.24, 2.45) is 0 Å². The van der Waals surface area contributed by atoms with E-state index in [0.717, 1.165) is 17.7 Å². The number of rotatable bonds is 2. The first-order valence-electron chi connectivity index (χ1n) is 5.94. The van der Waals surface area contributed by atoms with Gasteiger partial charge in [-0.05, 0) is 41.8 Å². The molecule has 0 N–H and O–H groups in total. The average molecular weight is 321 g/mol. The monoisotopic (exact) mass is 320 g/mol. The molecule has 2 aromatic carbocycles. The number of alkyl halides is 5. The summed E-state index contributed by atoms with van der Waals surface area (Å²) in [6.07, 6.45) is -5.63. The Morgan fingerprint density at radius 3 is 2.19 bits per heavy atom. The Morgan fingerprint density at radius 1 is 0.905 bits per heavy atom. The summed E-state index contributed by atoms with van der Waals surface area (Å²) in [6, 6.07) is 9.06. The lowest BCUT2D eigenvalue weighted by Crippen LogP contribution is -2.33. The van der Waals surface area contributed by atoms with E-state index in [9.17, 15) is 22.0 Å². The van der Waals surface area contributed by atoms with Crippen LogP contribution in [0.4, 0.5) is 22.0 Å². The van der Waals surface area contributed by atoms with E-state index in [1.165, 1.54) is 18.2 Å². The number of benzene rings is 2. The molecule has 0 aliphatic rings. The van der Waals surface area contributed by atoms with Gasteiger partial charge in [-0.3, -0.25) is 0 Å². The molecule has 0 radical (unpaired) electrons. The van der Waals surface area contributed by atoms with Crippen LogP contribution in [0.1, 0.15) is 11.1 Å². The van der Waals surface area contributed by atoms with Crippen molar-refractivity contribution < 1.29 is 22.0 Å². The van der Waals surface area contributed by atoms with Gasteiger partial charge in [0.1, 0.15) is 0 Å². The fraction of sp³-hybridized carbons (Fsp3) is 0.200. The molecule has 0 heterocycles. The molecule has 0 amide bonds. The third-order valence-electron chi connectivity index (χ3n) is 3.09. The van der Waals surface area contributed by atoms with Crippen LogP contribution in [0.15, 0.2) is 42.5 Å². The summed E-state index contributed by atoms with van der Waals surface area (Å²) in [7, 11) is 0. The van der Waals surface area contributed by atoms with Gasteiger partial charge in [0.05, 0.1) is 0 Å². The predicted octanol–water partition coefficient (Wildman–Crippen LogP) is 5.97. The highest BCUT2D eigenvalue weighted by Gasteiger charge is 2.58. The van der Waals surface area contributed by atoms with E-state index in [-0.39, 0.29) is 5.56 Å². The standard InChI is InChI=1S/C15H10ClF5/c1-9-5-6-12(16)8-13(9)10-3-2-4-11(7-10)14(17,18)15(19,20)21/h2-8H,1H3. The van der Waals surface area contributed by atoms with Crippen LogP contribution in [-0.4, -0.2) is 6.18 Å². The molecule has 6 heteroatoms. The second kappa shape index (κ2) is 5.30. The largest absolute Gasteiger partial charge is 0.458 e. The molecule has 112 valence electrons. The quantitative estimate of drug-likeness (QED) is 0.598. The van der Waals surface area contributed by atoms with Gasteiger partial charge < -0.3 is 0 Å². The van der Waals surface area contributed by atoms with Crippen molar-refractivity contribution in [3.8, 4) is 11.1 Å². The molecule has 0 atom stereocenters. The van der Waals surface area contributed by atoms with Crippen molar-refractivity contribution in [2.75, 3.05) is 0 Å². The minimum atomic E-state index is -5.63. The van der Waals surface area contributed by atoms with Crippen LogP contribution in [0.2, 0.25) is 5.02 Å². The van der Waals surface area contributed by atoms with Crippen LogP contribution in [-0.2, 0) is 5.92 Å². The molecule has 0 aliphatic heterocycles. The first-order chi connectivity index (χ1) is 9.63. The van der Waals surface area contributed by atoms with Gasteiger partial charge in [0.2, 0.25) is 0 Å². The van der Waals surface area contributed by atoms with Gasteiger partial charge in [-0.25, -0.2) is 0 Å². The van der Waals surface area contributed by atoms with Crippen molar-refractivity contribution in [2.45, 2.75) is 19.0 Å². The Kier molecular flexibility index (Phi) is 3.97. The Balaban J connectivity index is 2.55. The summed E-state index contributed by atoms with van der Waals surface area (Å²) < 4.78 is 64.1. The molecule has 0 aliphatic carbocycles. The molecule has 0 bridgehead atoms. The summed E-state index contributed by atoms with van der Waals surface area (Å²) in [5.74, 6) is -4.89. The lowest BCUT2D eigenvalue weighted by Gasteiger charge is -2.20. The van der Waals surface area contributed by atoms with Crippen molar-refractivity contribution in [3.63, 3.8) is 0 Å². The zero-order chi connectivity index (χ0) is 15.8. The maximum Gasteiger partial charge on any atom is 0.458 e. The van der Waals surface area contributed by atoms with Gasteiger partial charge in [0.15, 0.2) is 0 Å². The van der Waals surface area contributed by atoms with Crippen molar-refractivity contribution in [3.05, 3.63) is 58.6 Å². The van der Waals surface area contributed by atoms with E-state index in [2.05, 4.69) is 0 Å². The zero-order valence-corrected chi connectivity index (χ0v) is 11.6. The highest BCUT2D eigenvalue weighted by Crippen LogP contribution is 2.44. The van der Waals surface area contributed by atoms with Gasteiger partial charge >= 0.3 is 12.1 Å². The lowest BCUT2D eigenvalue weighted by atomic mass is 9.97. The highest BCUT2D eigenvalue weighted by atomic mass is 35.5. The van der Waals surface area contributed by atoms with Gasteiger partial charge in [0.25, 0.3) is 0 Å². The second-order valence-electron chi connectivity index (χ2n) is 4.61. The van der Waals surface area contributed by atoms with Gasteiger partial charge in [-0.1, -0.05) is 35.9 Å². The van der Waals surface area contributed by atoms with Crippen LogP contribution in [0, 0.1) is 6.92 Å². The van der Waals surface area contributed by atoms with Gasteiger partial charge in [-0.2, -0.15) is 22.0 Å². The molecule has 0 saturated heterocycles. The molecule has 21 heavy (non-hydrogen) atoms. The molecule has 2 rings (SSSR count). The molecular weight excluding hydrogens is 311 g/mol. The third kappa shape index (κ3) is 3.02. The molecular formula is C15H10ClF5. The maximum absolute atomic E-state index is 13.4. The van der Waals surface area contributed by atoms with Crippen molar-refractivity contribution in [1.82, 2.24) is 0 Å². The Labute approximate surface area is 123 Å². The maximum atomic E-state index is 13.4. The topological polar surface area (TPSA) is 0 Å². The van der Waals surface area contributed by atoms with E-state index in [4.69, 9.17) is 11.6 Å². The fourth-order valence-corrected chi connectivity index (χ4v) is 2.12. The predicted molar refractivity (Wildman–Crippen MR) is 71.6 cm³/mol. The van der Waals surface area contributed by atoms with Crippen LogP contribution in [0.5, 0.6) is 0 Å². The van der Waals surface area contributed by atoms with E-state index in [1.807, 2.05) is 0 Å². The zero-order valence-electron chi connectivity index (χ0n) is 10.8. The van der Waals surface area contributed by atoms with Crippen LogP contribution in [0.25, 0.3) is 11.1 Å². The molecule has 0 fully saturated rings. The molecule has 2 aromatic rings. The summed E-state index contributed by atoms with van der Waals surface area (Å²) in [6.45, 7) is 1.72.